The van der Waals surface area contributed by atoms with Crippen LogP contribution in [-0.2, 0) is 0 Å². The van der Waals surface area contributed by atoms with E-state index >= 15 is 0 Å². The Labute approximate surface area is 81.1 Å². The van der Waals surface area contributed by atoms with Crippen LogP contribution in [0.2, 0.25) is 0 Å². The number of rotatable bonds is 3. The van der Waals surface area contributed by atoms with Crippen molar-refractivity contribution in [2.45, 2.75) is 32.2 Å². The Kier molecular flexibility index (Phi) is 6.51. The van der Waals surface area contributed by atoms with Crippen molar-refractivity contribution in [3.63, 3.8) is 0 Å². The fraction of sp³-hybridized carbons (Fsp3) is 0.556. The van der Waals surface area contributed by atoms with Crippen molar-refractivity contribution in [3.8, 4) is 0 Å². The summed E-state index contributed by atoms with van der Waals surface area (Å²) in [6, 6.07) is 0.463. The number of nitrogens with zero attached hydrogens (tertiary/aromatic N) is 1. The summed E-state index contributed by atoms with van der Waals surface area (Å²) >= 11 is 0. The van der Waals surface area contributed by atoms with Gasteiger partial charge in [0.2, 0.25) is 0 Å². The van der Waals surface area contributed by atoms with Gasteiger partial charge in [-0.1, -0.05) is 50.5 Å². The zero-order valence-electron chi connectivity index (χ0n) is 7.46. The molecular weight excluding hydrogens is 129 g/mol. The van der Waals surface area contributed by atoms with Crippen molar-refractivity contribution in [2.75, 3.05) is 0 Å². The molecule has 11 heavy (non-hydrogen) atoms. The fourth-order valence-electron chi connectivity index (χ4n) is 1.04. The maximum Gasteiger partial charge on any atom is 1.00 e. The second-order valence-corrected chi connectivity index (χ2v) is 2.59. The minimum Gasteiger partial charge on any atom is -0.685 e. The second-order valence-electron chi connectivity index (χ2n) is 2.59. The molecule has 0 fully saturated rings. The average molecular weight is 143 g/mol. The maximum absolute atomic E-state index is 4.30. The van der Waals surface area contributed by atoms with Crippen LogP contribution < -0.4 is 18.9 Å². The smallest absolute Gasteiger partial charge is 0.685 e. The monoisotopic (exact) mass is 143 g/mol. The normalized spacial score (nSPS) is 20.6. The molecule has 1 heterocycles. The third-order valence-electron chi connectivity index (χ3n) is 1.66. The van der Waals surface area contributed by atoms with Crippen LogP contribution in [0.3, 0.4) is 0 Å². The molecular formula is C9H14LiN. The summed E-state index contributed by atoms with van der Waals surface area (Å²) in [6.07, 6.45) is 11.9. The zero-order valence-corrected chi connectivity index (χ0v) is 7.46. The minimum atomic E-state index is 0. The minimum absolute atomic E-state index is 0. The van der Waals surface area contributed by atoms with Crippen molar-refractivity contribution in [3.05, 3.63) is 29.7 Å². The van der Waals surface area contributed by atoms with E-state index in [4.69, 9.17) is 0 Å². The summed E-state index contributed by atoms with van der Waals surface area (Å²) in [6.45, 7) is 2.21. The van der Waals surface area contributed by atoms with Crippen LogP contribution in [0.4, 0.5) is 0 Å². The fourth-order valence-corrected chi connectivity index (χ4v) is 1.04. The molecule has 0 spiro atoms. The summed E-state index contributed by atoms with van der Waals surface area (Å²) in [5.41, 5.74) is 0. The predicted octanol–water partition coefficient (Wildman–Crippen LogP) is 0.00640. The SMILES string of the molecule is CCCCC1C=CC=C[N-]1.[Li+]. The van der Waals surface area contributed by atoms with Crippen LogP contribution in [0.5, 0.6) is 0 Å². The third-order valence-corrected chi connectivity index (χ3v) is 1.66. The van der Waals surface area contributed by atoms with Crippen LogP contribution in [0, 0.1) is 0 Å². The van der Waals surface area contributed by atoms with Gasteiger partial charge in [-0.15, -0.1) is 0 Å². The van der Waals surface area contributed by atoms with Crippen LogP contribution in [0.15, 0.2) is 24.4 Å². The predicted molar refractivity (Wildman–Crippen MR) is 45.0 cm³/mol. The Morgan fingerprint density at radius 1 is 1.36 bits per heavy atom. The second kappa shape index (κ2) is 6.58. The van der Waals surface area contributed by atoms with Gasteiger partial charge in [-0.05, 0) is 0 Å². The van der Waals surface area contributed by atoms with Crippen LogP contribution in [0.25, 0.3) is 5.32 Å². The quantitative estimate of drug-likeness (QED) is 0.494. The van der Waals surface area contributed by atoms with Gasteiger partial charge in [0.15, 0.2) is 0 Å². The van der Waals surface area contributed by atoms with Crippen LogP contribution >= 0.6 is 0 Å². The Morgan fingerprint density at radius 3 is 2.73 bits per heavy atom. The van der Waals surface area contributed by atoms with E-state index in [1.54, 1.807) is 0 Å². The molecule has 1 unspecified atom stereocenters. The molecule has 0 N–H and O–H groups in total. The van der Waals surface area contributed by atoms with Gasteiger partial charge in [0.25, 0.3) is 0 Å². The van der Waals surface area contributed by atoms with Crippen molar-refractivity contribution in [1.82, 2.24) is 0 Å². The van der Waals surface area contributed by atoms with Gasteiger partial charge in [-0.25, -0.2) is 0 Å². The van der Waals surface area contributed by atoms with E-state index in [-0.39, 0.29) is 18.9 Å². The molecule has 0 bridgehead atoms. The molecule has 56 valence electrons. The van der Waals surface area contributed by atoms with Crippen molar-refractivity contribution in [1.29, 1.82) is 0 Å². The molecule has 0 aromatic rings. The number of unbranched alkanes of at least 4 members (excludes halogenated alkanes) is 1. The standard InChI is InChI=1S/C9H14N.Li/c1-2-3-6-9-7-4-5-8-10-9;/h4-5,7-9H,2-3,6H2,1H3;/q-1;+1. The van der Waals surface area contributed by atoms with Crippen LogP contribution in [0.1, 0.15) is 26.2 Å². The van der Waals surface area contributed by atoms with Gasteiger partial charge in [0.1, 0.15) is 0 Å². The molecule has 0 aromatic carbocycles. The third kappa shape index (κ3) is 4.34. The number of hydrogen-bond acceptors (Lipinski definition) is 0. The van der Waals surface area contributed by atoms with E-state index in [0.717, 1.165) is 0 Å². The molecule has 1 aliphatic rings. The Hall–Kier alpha value is -0.123. The Balaban J connectivity index is 0.000001000. The molecule has 0 saturated carbocycles. The first-order valence-corrected chi connectivity index (χ1v) is 3.97. The summed E-state index contributed by atoms with van der Waals surface area (Å²) < 4.78 is 0. The topological polar surface area (TPSA) is 14.1 Å². The van der Waals surface area contributed by atoms with Crippen molar-refractivity contribution >= 4 is 0 Å². The molecule has 2 heteroatoms. The number of hydrogen-bond donors (Lipinski definition) is 0. The molecule has 1 aliphatic heterocycles. The first-order chi connectivity index (χ1) is 4.93. The van der Waals surface area contributed by atoms with Gasteiger partial charge < -0.3 is 5.32 Å². The molecule has 1 rings (SSSR count). The van der Waals surface area contributed by atoms with E-state index < -0.39 is 0 Å². The summed E-state index contributed by atoms with van der Waals surface area (Å²) in [5, 5.41) is 4.30. The summed E-state index contributed by atoms with van der Waals surface area (Å²) in [4.78, 5) is 0. The largest absolute Gasteiger partial charge is 1.00 e. The molecule has 1 nitrogen and oxygen atoms in total. The van der Waals surface area contributed by atoms with E-state index in [2.05, 4.69) is 24.4 Å². The average Bonchev–Trinajstić information content (AvgIpc) is 2.03. The molecule has 0 aromatic heterocycles. The summed E-state index contributed by atoms with van der Waals surface area (Å²) in [7, 11) is 0. The number of allylic oxidation sites excluding steroid dienone is 2. The van der Waals surface area contributed by atoms with Crippen molar-refractivity contribution in [2.24, 2.45) is 0 Å². The Morgan fingerprint density at radius 2 is 2.18 bits per heavy atom. The van der Waals surface area contributed by atoms with Gasteiger partial charge in [-0.2, -0.15) is 6.20 Å². The first kappa shape index (κ1) is 10.9. The van der Waals surface area contributed by atoms with Gasteiger partial charge in [0.05, 0.1) is 0 Å². The Bertz CT molecular complexity index is 140. The molecule has 0 amide bonds. The van der Waals surface area contributed by atoms with E-state index in [1.807, 2.05) is 12.3 Å². The first-order valence-electron chi connectivity index (χ1n) is 3.97. The van der Waals surface area contributed by atoms with Crippen molar-refractivity contribution < 1.29 is 18.9 Å². The van der Waals surface area contributed by atoms with Gasteiger partial charge in [0, 0.05) is 0 Å². The molecule has 0 saturated heterocycles. The maximum atomic E-state index is 4.30. The van der Waals surface area contributed by atoms with Gasteiger partial charge in [-0.3, -0.25) is 0 Å². The van der Waals surface area contributed by atoms with Gasteiger partial charge >= 0.3 is 18.9 Å². The van der Waals surface area contributed by atoms with E-state index in [1.165, 1.54) is 19.3 Å². The molecule has 1 atom stereocenters. The molecule has 0 aliphatic carbocycles. The molecule has 0 radical (unpaired) electrons. The van der Waals surface area contributed by atoms with E-state index in [9.17, 15) is 0 Å². The zero-order chi connectivity index (χ0) is 7.23. The van der Waals surface area contributed by atoms with Crippen LogP contribution in [-0.4, -0.2) is 6.04 Å². The van der Waals surface area contributed by atoms with E-state index in [0.29, 0.717) is 6.04 Å². The summed E-state index contributed by atoms with van der Waals surface area (Å²) in [5.74, 6) is 0.